The average molecular weight is 137 g/mol. The highest BCUT2D eigenvalue weighted by Crippen LogP contribution is 2.18. The third-order valence-corrected chi connectivity index (χ3v) is 1.39. The van der Waals surface area contributed by atoms with Crippen LogP contribution in [0.5, 0.6) is 0 Å². The van der Waals surface area contributed by atoms with Gasteiger partial charge in [0.05, 0.1) is 6.61 Å². The number of carboxylic acid groups (broad SMARTS) is 1. The van der Waals surface area contributed by atoms with E-state index in [2.05, 4.69) is 4.74 Å². The minimum Gasteiger partial charge on any atom is -0.480 e. The van der Waals surface area contributed by atoms with Crippen LogP contribution in [0, 0.1) is 0 Å². The summed E-state index contributed by atoms with van der Waals surface area (Å²) in [5.74, 6) is -1.01. The molecule has 3 nitrogen and oxygen atoms in total. The zero-order valence-electron chi connectivity index (χ0n) is 4.00. The van der Waals surface area contributed by atoms with Crippen molar-refractivity contribution in [3.8, 4) is 0 Å². The Morgan fingerprint density at radius 3 is 2.62 bits per heavy atom. The molecule has 1 rings (SSSR count). The molecule has 8 heavy (non-hydrogen) atoms. The quantitative estimate of drug-likeness (QED) is 0.432. The molecule has 0 aromatic carbocycles. The summed E-state index contributed by atoms with van der Waals surface area (Å²) < 4.78 is 4.62. The van der Waals surface area contributed by atoms with Crippen molar-refractivity contribution >= 4 is 17.6 Å². The zero-order valence-corrected chi connectivity index (χ0v) is 4.76. The van der Waals surface area contributed by atoms with E-state index in [0.29, 0.717) is 6.61 Å². The van der Waals surface area contributed by atoms with Gasteiger partial charge >= 0.3 is 5.97 Å². The standard InChI is InChI=1S/C4H5ClO3/c5-3(4(6)7)2-1-8-2/h2-3H,1H2,(H,6,7)/t2-,3+/m1/s1. The van der Waals surface area contributed by atoms with Crippen LogP contribution in [0.4, 0.5) is 0 Å². The van der Waals surface area contributed by atoms with Crippen LogP contribution in [0.2, 0.25) is 0 Å². The summed E-state index contributed by atoms with van der Waals surface area (Å²) in [4.78, 5) is 9.97. The number of aliphatic carboxylic acids is 1. The van der Waals surface area contributed by atoms with Crippen LogP contribution in [0.15, 0.2) is 0 Å². The van der Waals surface area contributed by atoms with E-state index in [9.17, 15) is 4.79 Å². The van der Waals surface area contributed by atoms with Gasteiger partial charge in [0.1, 0.15) is 6.10 Å². The summed E-state index contributed by atoms with van der Waals surface area (Å²) in [7, 11) is 0. The van der Waals surface area contributed by atoms with E-state index in [4.69, 9.17) is 16.7 Å². The Bertz CT molecular complexity index is 110. The summed E-state index contributed by atoms with van der Waals surface area (Å²) in [6.07, 6.45) is -0.242. The number of hydrogen-bond acceptors (Lipinski definition) is 2. The van der Waals surface area contributed by atoms with E-state index in [1.807, 2.05) is 0 Å². The van der Waals surface area contributed by atoms with Crippen molar-refractivity contribution in [2.24, 2.45) is 0 Å². The summed E-state index contributed by atoms with van der Waals surface area (Å²) in [5, 5.41) is 7.33. The van der Waals surface area contributed by atoms with Crippen molar-refractivity contribution in [3.63, 3.8) is 0 Å². The highest BCUT2D eigenvalue weighted by atomic mass is 35.5. The first-order valence-electron chi connectivity index (χ1n) is 2.20. The summed E-state index contributed by atoms with van der Waals surface area (Å²) in [6, 6.07) is 0. The van der Waals surface area contributed by atoms with Gasteiger partial charge in [0.15, 0.2) is 5.38 Å². The van der Waals surface area contributed by atoms with E-state index in [1.54, 1.807) is 0 Å². The summed E-state index contributed by atoms with van der Waals surface area (Å²) >= 11 is 5.29. The maximum atomic E-state index is 9.97. The first kappa shape index (κ1) is 5.85. The van der Waals surface area contributed by atoms with Gasteiger partial charge in [-0.1, -0.05) is 0 Å². The SMILES string of the molecule is O=C(O)[C@@H](Cl)[C@H]1CO1. The second-order valence-corrected chi connectivity index (χ2v) is 2.08. The maximum Gasteiger partial charge on any atom is 0.324 e. The molecule has 0 amide bonds. The van der Waals surface area contributed by atoms with Crippen molar-refractivity contribution in [2.45, 2.75) is 11.5 Å². The van der Waals surface area contributed by atoms with E-state index >= 15 is 0 Å². The fraction of sp³-hybridized carbons (Fsp3) is 0.750. The van der Waals surface area contributed by atoms with E-state index in [1.165, 1.54) is 0 Å². The molecule has 0 aliphatic carbocycles. The van der Waals surface area contributed by atoms with E-state index in [-0.39, 0.29) is 6.10 Å². The molecule has 0 aromatic rings. The Kier molecular flexibility index (Phi) is 1.40. The Morgan fingerprint density at radius 2 is 2.50 bits per heavy atom. The smallest absolute Gasteiger partial charge is 0.324 e. The normalized spacial score (nSPS) is 29.4. The van der Waals surface area contributed by atoms with Crippen LogP contribution in [-0.4, -0.2) is 29.2 Å². The fourth-order valence-corrected chi connectivity index (χ4v) is 0.529. The van der Waals surface area contributed by atoms with E-state index < -0.39 is 11.3 Å². The lowest BCUT2D eigenvalue weighted by Gasteiger charge is -1.93. The first-order chi connectivity index (χ1) is 3.72. The van der Waals surface area contributed by atoms with Gasteiger partial charge in [0.25, 0.3) is 0 Å². The molecule has 4 heteroatoms. The molecule has 0 radical (unpaired) electrons. The molecule has 1 saturated heterocycles. The molecule has 1 N–H and O–H groups in total. The fourth-order valence-electron chi connectivity index (χ4n) is 0.384. The average Bonchev–Trinajstić information content (AvgIpc) is 2.43. The Balaban J connectivity index is 2.32. The molecular weight excluding hydrogens is 131 g/mol. The number of rotatable bonds is 2. The number of carbonyl (C=O) groups is 1. The second-order valence-electron chi connectivity index (χ2n) is 1.61. The van der Waals surface area contributed by atoms with Crippen molar-refractivity contribution < 1.29 is 14.6 Å². The molecular formula is C4H5ClO3. The van der Waals surface area contributed by atoms with Gasteiger partial charge in [0.2, 0.25) is 0 Å². The highest BCUT2D eigenvalue weighted by molar-refractivity contribution is 6.30. The maximum absolute atomic E-state index is 9.97. The molecule has 0 aromatic heterocycles. The number of ether oxygens (including phenoxy) is 1. The molecule has 0 spiro atoms. The lowest BCUT2D eigenvalue weighted by molar-refractivity contribution is -0.136. The largest absolute Gasteiger partial charge is 0.480 e. The van der Waals surface area contributed by atoms with E-state index in [0.717, 1.165) is 0 Å². The monoisotopic (exact) mass is 136 g/mol. The molecule has 0 unspecified atom stereocenters. The van der Waals surface area contributed by atoms with Gasteiger partial charge in [-0.25, -0.2) is 0 Å². The van der Waals surface area contributed by atoms with Crippen molar-refractivity contribution in [2.75, 3.05) is 6.61 Å². The molecule has 1 heterocycles. The van der Waals surface area contributed by atoms with Gasteiger partial charge in [0, 0.05) is 0 Å². The topological polar surface area (TPSA) is 49.8 Å². The van der Waals surface area contributed by atoms with Crippen molar-refractivity contribution in [3.05, 3.63) is 0 Å². The minimum atomic E-state index is -1.01. The molecule has 46 valence electrons. The summed E-state index contributed by atoms with van der Waals surface area (Å²) in [5.41, 5.74) is 0. The van der Waals surface area contributed by atoms with Gasteiger partial charge in [-0.05, 0) is 0 Å². The van der Waals surface area contributed by atoms with Crippen LogP contribution in [0.3, 0.4) is 0 Å². The van der Waals surface area contributed by atoms with Gasteiger partial charge in [-0.15, -0.1) is 11.6 Å². The van der Waals surface area contributed by atoms with Crippen LogP contribution in [-0.2, 0) is 9.53 Å². The predicted octanol–water partition coefficient (Wildman–Crippen LogP) is 0.0772. The van der Waals surface area contributed by atoms with Crippen molar-refractivity contribution in [1.82, 2.24) is 0 Å². The van der Waals surface area contributed by atoms with Crippen LogP contribution in [0.1, 0.15) is 0 Å². The molecule has 2 atom stereocenters. The number of carboxylic acids is 1. The second kappa shape index (κ2) is 1.91. The molecule has 1 aliphatic heterocycles. The number of alkyl halides is 1. The molecule has 1 aliphatic rings. The molecule has 0 saturated carbocycles. The van der Waals surface area contributed by atoms with Crippen molar-refractivity contribution in [1.29, 1.82) is 0 Å². The first-order valence-corrected chi connectivity index (χ1v) is 2.64. The van der Waals surface area contributed by atoms with Gasteiger partial charge in [-0.3, -0.25) is 4.79 Å². The summed E-state index contributed by atoms with van der Waals surface area (Å²) in [6.45, 7) is 0.487. The third-order valence-electron chi connectivity index (χ3n) is 0.921. The van der Waals surface area contributed by atoms with Gasteiger partial charge < -0.3 is 9.84 Å². The number of hydrogen-bond donors (Lipinski definition) is 1. The Morgan fingerprint density at radius 1 is 2.00 bits per heavy atom. The number of halogens is 1. The lowest BCUT2D eigenvalue weighted by atomic mass is 10.3. The Labute approximate surface area is 51.2 Å². The van der Waals surface area contributed by atoms with Crippen LogP contribution >= 0.6 is 11.6 Å². The Hall–Kier alpha value is -0.280. The molecule has 0 bridgehead atoms. The zero-order chi connectivity index (χ0) is 6.15. The minimum absolute atomic E-state index is 0.242. The van der Waals surface area contributed by atoms with Crippen LogP contribution in [0.25, 0.3) is 0 Å². The predicted molar refractivity (Wildman–Crippen MR) is 27.0 cm³/mol. The van der Waals surface area contributed by atoms with Gasteiger partial charge in [-0.2, -0.15) is 0 Å². The lowest BCUT2D eigenvalue weighted by Crippen LogP contribution is -2.19. The highest BCUT2D eigenvalue weighted by Gasteiger charge is 2.36. The van der Waals surface area contributed by atoms with Crippen LogP contribution < -0.4 is 0 Å². The molecule has 1 fully saturated rings. The third kappa shape index (κ3) is 1.11. The number of epoxide rings is 1.